The summed E-state index contributed by atoms with van der Waals surface area (Å²) in [5.41, 5.74) is 7.79. The van der Waals surface area contributed by atoms with E-state index in [-0.39, 0.29) is 71.0 Å². The molecule has 0 aliphatic carbocycles. The van der Waals surface area contributed by atoms with Gasteiger partial charge in [-0.15, -0.1) is 49.6 Å². The van der Waals surface area contributed by atoms with Crippen LogP contribution in [-0.2, 0) is 0 Å². The van der Waals surface area contributed by atoms with Gasteiger partial charge < -0.3 is 9.13 Å². The Morgan fingerprint density at radius 3 is 1.53 bits per heavy atom. The predicted molar refractivity (Wildman–Crippen MR) is 263 cm³/mol. The molecular weight excluding hydrogens is 705 g/mol. The van der Waals surface area contributed by atoms with Gasteiger partial charge in [-0.2, -0.15) is 0 Å². The second-order valence-corrected chi connectivity index (χ2v) is 15.6. The van der Waals surface area contributed by atoms with Crippen molar-refractivity contribution >= 4 is 248 Å². The van der Waals surface area contributed by atoms with Gasteiger partial charge in [-0.05, 0) is 58.3 Å². The van der Waals surface area contributed by atoms with Gasteiger partial charge in [0.1, 0.15) is 102 Å². The molecule has 10 aromatic rings. The van der Waals surface area contributed by atoms with Gasteiger partial charge in [0.15, 0.2) is 0 Å². The third-order valence-corrected chi connectivity index (χ3v) is 12.8. The van der Waals surface area contributed by atoms with Gasteiger partial charge in [-0.1, -0.05) is 75.2 Å². The normalized spacial score (nSPS) is 12.0. The fourth-order valence-electron chi connectivity index (χ4n) is 8.61. The summed E-state index contributed by atoms with van der Waals surface area (Å²) in [4.78, 5) is 0. The Morgan fingerprint density at radius 1 is 0.362 bits per heavy atom. The average molecular weight is 718 g/mol. The predicted octanol–water partition coefficient (Wildman–Crippen LogP) is -3.76. The Morgan fingerprint density at radius 2 is 0.897 bits per heavy atom. The minimum absolute atomic E-state index is 0.123. The van der Waals surface area contributed by atoms with Crippen LogP contribution in [0.3, 0.4) is 0 Å². The van der Waals surface area contributed by atoms with Crippen LogP contribution in [0.5, 0.6) is 0 Å². The second kappa shape index (κ2) is 13.1. The average Bonchev–Trinajstić information content (AvgIpc) is 3.90. The fraction of sp³-hybridized carbons (Fsp3) is 0. The maximum atomic E-state index is 6.79. The lowest BCUT2D eigenvalue weighted by atomic mass is 9.59. The van der Waals surface area contributed by atoms with Crippen LogP contribution in [0.2, 0.25) is 0 Å². The third-order valence-electron chi connectivity index (χ3n) is 11.6. The van der Waals surface area contributed by atoms with Crippen LogP contribution >= 0.6 is 11.3 Å². The molecule has 10 rings (SSSR count). The first-order chi connectivity index (χ1) is 27.7. The van der Waals surface area contributed by atoms with Crippen molar-refractivity contribution in [2.24, 2.45) is 0 Å². The molecule has 3 heterocycles. The molecule has 58 heavy (non-hydrogen) atoms. The van der Waals surface area contributed by atoms with E-state index in [2.05, 4.69) is 34.9 Å². The van der Waals surface area contributed by atoms with Crippen molar-refractivity contribution in [2.75, 3.05) is 0 Å². The largest absolute Gasteiger partial charge is 0.311 e. The van der Waals surface area contributed by atoms with Crippen molar-refractivity contribution in [1.82, 2.24) is 9.13 Å². The monoisotopic (exact) mass is 720 g/mol. The molecule has 236 valence electrons. The van der Waals surface area contributed by atoms with E-state index in [0.717, 1.165) is 47.7 Å². The molecule has 16 heteroatoms. The molecule has 0 aliphatic rings. The van der Waals surface area contributed by atoms with E-state index in [4.69, 9.17) is 102 Å². The summed E-state index contributed by atoms with van der Waals surface area (Å²) in [5.74, 6) is 0. The Bertz CT molecular complexity index is 3400. The van der Waals surface area contributed by atoms with Crippen molar-refractivity contribution in [3.8, 4) is 22.5 Å². The lowest BCUT2D eigenvalue weighted by molar-refractivity contribution is 1.17. The third kappa shape index (κ3) is 4.91. The maximum Gasteiger partial charge on any atom is 0.115 e. The zero-order chi connectivity index (χ0) is 40.8. The lowest BCUT2D eigenvalue weighted by Crippen LogP contribution is -2.55. The molecule has 0 aliphatic heterocycles. The first kappa shape index (κ1) is 37.5. The minimum atomic E-state index is 0.123. The van der Waals surface area contributed by atoms with E-state index in [1.54, 1.807) is 11.3 Å². The van der Waals surface area contributed by atoms with Gasteiger partial charge >= 0.3 is 0 Å². The van der Waals surface area contributed by atoms with Crippen LogP contribution in [0.25, 0.3) is 86.3 Å². The molecule has 0 bridgehead atoms. The topological polar surface area (TPSA) is 9.86 Å². The van der Waals surface area contributed by atoms with Crippen molar-refractivity contribution in [1.29, 1.82) is 0 Å². The van der Waals surface area contributed by atoms with E-state index in [1.807, 2.05) is 53.1 Å². The quantitative estimate of drug-likeness (QED) is 0.167. The standard InChI is InChI=1S/C42H13B13N2S/c43-26-23(27(44)31(48)34(51)30(26)47)14-4-3-5-15(12-14)56-21-11-8-16(13-20(21)18-9-10-19-17-6-1-2-7-22(17)58-42(19)39(18)56)57-40-24(28(45)32(49)35(52)37(40)54)25-29(46)33(50)36(53)38(55)41(25)57/h1-13H. The van der Waals surface area contributed by atoms with Gasteiger partial charge in [0.2, 0.25) is 0 Å². The first-order valence-electron chi connectivity index (χ1n) is 18.1. The van der Waals surface area contributed by atoms with Gasteiger partial charge in [0.25, 0.3) is 0 Å². The molecular formula is C42H13B13N2S. The molecule has 0 fully saturated rings. The van der Waals surface area contributed by atoms with Crippen molar-refractivity contribution < 1.29 is 0 Å². The number of benzene rings is 7. The van der Waals surface area contributed by atoms with Gasteiger partial charge in [-0.3, -0.25) is 0 Å². The number of hydrogen-bond acceptors (Lipinski definition) is 1. The number of hydrogen-bond donors (Lipinski definition) is 0. The SMILES string of the molecule is [B]c1c([B])c([B])c(-c2cccc(-n3c4ccc(-n5c6c([B])c([B])c([B])c([B])c6c6c([B])c([B])c([B])c([B])c65)cc4c4ccc5c6ccccc6sc5c43)c2)c([B])c1[B]. The van der Waals surface area contributed by atoms with Gasteiger partial charge in [-0.25, -0.2) is 0 Å². The van der Waals surface area contributed by atoms with E-state index in [0.29, 0.717) is 38.6 Å². The van der Waals surface area contributed by atoms with E-state index in [1.165, 1.54) is 0 Å². The smallest absolute Gasteiger partial charge is 0.115 e. The number of fused-ring (bicyclic) bond motifs is 10. The van der Waals surface area contributed by atoms with E-state index < -0.39 is 0 Å². The summed E-state index contributed by atoms with van der Waals surface area (Å²) in [7, 11) is 84.6. The van der Waals surface area contributed by atoms with Crippen LogP contribution in [0, 0.1) is 0 Å². The molecule has 0 saturated carbocycles. The van der Waals surface area contributed by atoms with Gasteiger partial charge in [0.05, 0.1) is 15.7 Å². The molecule has 7 aromatic carbocycles. The highest BCUT2D eigenvalue weighted by atomic mass is 32.1. The Balaban J connectivity index is 1.34. The number of nitrogens with zero attached hydrogens (tertiary/aromatic N) is 2. The summed E-state index contributed by atoms with van der Waals surface area (Å²) < 4.78 is 6.36. The number of rotatable bonds is 3. The highest BCUT2D eigenvalue weighted by molar-refractivity contribution is 7.26. The Hall–Kier alpha value is -4.80. The first-order valence-corrected chi connectivity index (χ1v) is 18.9. The zero-order valence-electron chi connectivity index (χ0n) is 30.8. The highest BCUT2D eigenvalue weighted by Gasteiger charge is 2.25. The number of aromatic nitrogens is 2. The van der Waals surface area contributed by atoms with E-state index in [9.17, 15) is 0 Å². The van der Waals surface area contributed by atoms with Crippen LogP contribution < -0.4 is 71.0 Å². The van der Waals surface area contributed by atoms with Crippen molar-refractivity contribution in [3.63, 3.8) is 0 Å². The van der Waals surface area contributed by atoms with Crippen molar-refractivity contribution in [2.45, 2.75) is 0 Å². The molecule has 26 radical (unpaired) electrons. The highest BCUT2D eigenvalue weighted by Crippen LogP contribution is 2.44. The van der Waals surface area contributed by atoms with Gasteiger partial charge in [0, 0.05) is 48.7 Å². The van der Waals surface area contributed by atoms with Crippen LogP contribution in [0.1, 0.15) is 0 Å². The van der Waals surface area contributed by atoms with Crippen LogP contribution in [0.15, 0.2) is 78.9 Å². The van der Waals surface area contributed by atoms with Crippen LogP contribution in [0.4, 0.5) is 0 Å². The summed E-state index contributed by atoms with van der Waals surface area (Å²) in [6.45, 7) is 0. The number of thiophene rings is 1. The van der Waals surface area contributed by atoms with Crippen molar-refractivity contribution in [3.05, 3.63) is 78.9 Å². The molecule has 0 amide bonds. The molecule has 0 N–H and O–H groups in total. The lowest BCUT2D eigenvalue weighted by Gasteiger charge is -2.22. The van der Waals surface area contributed by atoms with Crippen LogP contribution in [-0.4, -0.2) is 111 Å². The minimum Gasteiger partial charge on any atom is -0.311 e. The summed E-state index contributed by atoms with van der Waals surface area (Å²) in [5, 5.41) is 5.10. The summed E-state index contributed by atoms with van der Waals surface area (Å²) in [6, 6.07) is 26.6. The molecule has 0 unspecified atom stereocenters. The zero-order valence-corrected chi connectivity index (χ0v) is 31.6. The van der Waals surface area contributed by atoms with E-state index >= 15 is 0 Å². The molecule has 0 atom stereocenters. The molecule has 0 spiro atoms. The maximum absolute atomic E-state index is 6.79. The molecule has 3 aromatic heterocycles. The molecule has 2 nitrogen and oxygen atoms in total. The second-order valence-electron chi connectivity index (χ2n) is 14.6. The Labute approximate surface area is 356 Å². The Kier molecular flexibility index (Phi) is 8.47. The summed E-state index contributed by atoms with van der Waals surface area (Å²) in [6.07, 6.45) is 0. The molecule has 0 saturated heterocycles. The fourth-order valence-corrected chi connectivity index (χ4v) is 9.85. The summed E-state index contributed by atoms with van der Waals surface area (Å²) >= 11 is 1.72.